The molecule has 0 bridgehead atoms. The second-order valence-electron chi connectivity index (χ2n) is 4.01. The van der Waals surface area contributed by atoms with Crippen molar-refractivity contribution < 1.29 is 14.3 Å². The van der Waals surface area contributed by atoms with Gasteiger partial charge < -0.3 is 15.7 Å². The zero-order valence-electron chi connectivity index (χ0n) is 10.4. The SMILES string of the molecule is N/C(=N/O)c1ccccc1COc1cc(Br)ccc1F. The fourth-order valence-corrected chi connectivity index (χ4v) is 2.03. The van der Waals surface area contributed by atoms with Crippen LogP contribution in [0, 0.1) is 5.82 Å². The van der Waals surface area contributed by atoms with Crippen molar-refractivity contribution in [3.8, 4) is 5.75 Å². The van der Waals surface area contributed by atoms with Gasteiger partial charge in [0, 0.05) is 15.6 Å². The van der Waals surface area contributed by atoms with Gasteiger partial charge in [-0.3, -0.25) is 0 Å². The van der Waals surface area contributed by atoms with E-state index in [1.54, 1.807) is 36.4 Å². The third-order valence-electron chi connectivity index (χ3n) is 2.68. The summed E-state index contributed by atoms with van der Waals surface area (Å²) in [7, 11) is 0. The van der Waals surface area contributed by atoms with Crippen LogP contribution in [0.2, 0.25) is 0 Å². The number of benzene rings is 2. The van der Waals surface area contributed by atoms with Gasteiger partial charge in [0.1, 0.15) is 6.61 Å². The zero-order chi connectivity index (χ0) is 14.5. The Hall–Kier alpha value is -2.08. The highest BCUT2D eigenvalue weighted by Crippen LogP contribution is 2.23. The molecule has 0 radical (unpaired) electrons. The van der Waals surface area contributed by atoms with Crippen molar-refractivity contribution in [2.45, 2.75) is 6.61 Å². The molecule has 2 rings (SSSR count). The Morgan fingerprint density at radius 1 is 1.30 bits per heavy atom. The van der Waals surface area contributed by atoms with Crippen molar-refractivity contribution in [2.24, 2.45) is 10.9 Å². The van der Waals surface area contributed by atoms with Crippen LogP contribution in [0.4, 0.5) is 4.39 Å². The van der Waals surface area contributed by atoms with Crippen molar-refractivity contribution in [3.05, 3.63) is 63.9 Å². The lowest BCUT2D eigenvalue weighted by atomic mass is 10.1. The van der Waals surface area contributed by atoms with Crippen LogP contribution in [0.3, 0.4) is 0 Å². The number of hydrogen-bond donors (Lipinski definition) is 2. The van der Waals surface area contributed by atoms with Crippen LogP contribution in [0.25, 0.3) is 0 Å². The van der Waals surface area contributed by atoms with Crippen LogP contribution < -0.4 is 10.5 Å². The first-order valence-electron chi connectivity index (χ1n) is 5.75. The largest absolute Gasteiger partial charge is 0.486 e. The molecule has 104 valence electrons. The van der Waals surface area contributed by atoms with E-state index in [1.807, 2.05) is 0 Å². The quantitative estimate of drug-likeness (QED) is 0.389. The summed E-state index contributed by atoms with van der Waals surface area (Å²) in [5.74, 6) is -0.331. The topological polar surface area (TPSA) is 67.8 Å². The average molecular weight is 339 g/mol. The number of amidine groups is 1. The summed E-state index contributed by atoms with van der Waals surface area (Å²) in [6.07, 6.45) is 0. The highest BCUT2D eigenvalue weighted by Gasteiger charge is 2.09. The highest BCUT2D eigenvalue weighted by atomic mass is 79.9. The van der Waals surface area contributed by atoms with E-state index >= 15 is 0 Å². The second kappa shape index (κ2) is 6.38. The number of rotatable bonds is 4. The minimum Gasteiger partial charge on any atom is -0.486 e. The molecule has 3 N–H and O–H groups in total. The summed E-state index contributed by atoms with van der Waals surface area (Å²) in [6.45, 7) is 0.111. The minimum atomic E-state index is -0.450. The Morgan fingerprint density at radius 2 is 2.05 bits per heavy atom. The summed E-state index contributed by atoms with van der Waals surface area (Å²) in [4.78, 5) is 0. The molecule has 4 nitrogen and oxygen atoms in total. The summed E-state index contributed by atoms with van der Waals surface area (Å²) < 4.78 is 19.7. The Labute approximate surface area is 123 Å². The van der Waals surface area contributed by atoms with E-state index in [1.165, 1.54) is 6.07 Å². The van der Waals surface area contributed by atoms with E-state index in [0.29, 0.717) is 11.1 Å². The number of hydrogen-bond acceptors (Lipinski definition) is 3. The first kappa shape index (κ1) is 14.3. The Balaban J connectivity index is 2.21. The Morgan fingerprint density at radius 3 is 2.80 bits per heavy atom. The highest BCUT2D eigenvalue weighted by molar-refractivity contribution is 9.10. The van der Waals surface area contributed by atoms with Crippen LogP contribution in [-0.2, 0) is 6.61 Å². The summed E-state index contributed by atoms with van der Waals surface area (Å²) in [6, 6.07) is 11.5. The molecule has 0 aliphatic rings. The van der Waals surface area contributed by atoms with E-state index in [4.69, 9.17) is 15.7 Å². The van der Waals surface area contributed by atoms with E-state index in [2.05, 4.69) is 21.1 Å². The van der Waals surface area contributed by atoms with E-state index in [9.17, 15) is 4.39 Å². The van der Waals surface area contributed by atoms with Gasteiger partial charge in [0.2, 0.25) is 0 Å². The number of nitrogens with zero attached hydrogens (tertiary/aromatic N) is 1. The van der Waals surface area contributed by atoms with Gasteiger partial charge in [0.25, 0.3) is 0 Å². The molecular weight excluding hydrogens is 327 g/mol. The predicted octanol–water partition coefficient (Wildman–Crippen LogP) is 3.26. The van der Waals surface area contributed by atoms with Crippen molar-refractivity contribution in [1.82, 2.24) is 0 Å². The maximum Gasteiger partial charge on any atom is 0.170 e. The third kappa shape index (κ3) is 3.27. The van der Waals surface area contributed by atoms with Gasteiger partial charge in [-0.15, -0.1) is 0 Å². The van der Waals surface area contributed by atoms with Gasteiger partial charge >= 0.3 is 0 Å². The molecule has 0 aromatic heterocycles. The van der Waals surface area contributed by atoms with E-state index < -0.39 is 5.82 Å². The van der Waals surface area contributed by atoms with Crippen LogP contribution in [-0.4, -0.2) is 11.0 Å². The normalized spacial score (nSPS) is 11.4. The van der Waals surface area contributed by atoms with Gasteiger partial charge in [0.15, 0.2) is 17.4 Å². The van der Waals surface area contributed by atoms with Crippen molar-refractivity contribution in [1.29, 1.82) is 0 Å². The molecule has 0 atom stereocenters. The molecule has 20 heavy (non-hydrogen) atoms. The summed E-state index contributed by atoms with van der Waals surface area (Å²) in [5.41, 5.74) is 6.82. The second-order valence-corrected chi connectivity index (χ2v) is 4.92. The monoisotopic (exact) mass is 338 g/mol. The molecule has 2 aromatic carbocycles. The number of oxime groups is 1. The van der Waals surface area contributed by atoms with Gasteiger partial charge in [-0.2, -0.15) is 0 Å². The van der Waals surface area contributed by atoms with Gasteiger partial charge in [-0.25, -0.2) is 4.39 Å². The van der Waals surface area contributed by atoms with Crippen LogP contribution in [0.15, 0.2) is 52.1 Å². The molecule has 0 aliphatic carbocycles. The lowest BCUT2D eigenvalue weighted by Gasteiger charge is -2.11. The van der Waals surface area contributed by atoms with Crippen molar-refractivity contribution in [2.75, 3.05) is 0 Å². The van der Waals surface area contributed by atoms with E-state index in [-0.39, 0.29) is 18.2 Å². The molecule has 0 unspecified atom stereocenters. The zero-order valence-corrected chi connectivity index (χ0v) is 12.0. The number of ether oxygens (including phenoxy) is 1. The lowest BCUT2D eigenvalue weighted by Crippen LogP contribution is -2.16. The fraction of sp³-hybridized carbons (Fsp3) is 0.0714. The summed E-state index contributed by atoms with van der Waals surface area (Å²) >= 11 is 3.25. The number of halogens is 2. The van der Waals surface area contributed by atoms with Crippen molar-refractivity contribution in [3.63, 3.8) is 0 Å². The maximum absolute atomic E-state index is 13.6. The van der Waals surface area contributed by atoms with E-state index in [0.717, 1.165) is 4.47 Å². The maximum atomic E-state index is 13.6. The smallest absolute Gasteiger partial charge is 0.170 e. The standard InChI is InChI=1S/C14H12BrFN2O2/c15-10-5-6-12(16)13(7-10)20-8-9-3-1-2-4-11(9)14(17)18-19/h1-7,19H,8H2,(H2,17,18). The molecule has 6 heteroatoms. The lowest BCUT2D eigenvalue weighted by molar-refractivity contribution is 0.289. The van der Waals surface area contributed by atoms with Gasteiger partial charge in [-0.05, 0) is 18.2 Å². The van der Waals surface area contributed by atoms with Crippen LogP contribution >= 0.6 is 15.9 Å². The average Bonchev–Trinajstić information content (AvgIpc) is 2.47. The molecule has 0 fully saturated rings. The molecule has 2 aromatic rings. The minimum absolute atomic E-state index is 0.0149. The van der Waals surface area contributed by atoms with Crippen LogP contribution in [0.5, 0.6) is 5.75 Å². The molecule has 0 heterocycles. The first-order valence-corrected chi connectivity index (χ1v) is 6.54. The first-order chi connectivity index (χ1) is 9.61. The van der Waals surface area contributed by atoms with Crippen LogP contribution in [0.1, 0.15) is 11.1 Å². The Kier molecular flexibility index (Phi) is 4.57. The van der Waals surface area contributed by atoms with Crippen molar-refractivity contribution >= 4 is 21.8 Å². The molecule has 0 spiro atoms. The number of nitrogens with two attached hydrogens (primary N) is 1. The van der Waals surface area contributed by atoms with Gasteiger partial charge in [-0.1, -0.05) is 45.4 Å². The molecule has 0 saturated heterocycles. The van der Waals surface area contributed by atoms with Gasteiger partial charge in [0.05, 0.1) is 0 Å². The predicted molar refractivity (Wildman–Crippen MR) is 77.4 cm³/mol. The summed E-state index contributed by atoms with van der Waals surface area (Å²) in [5, 5.41) is 11.7. The molecule has 0 aliphatic heterocycles. The molecular formula is C14H12BrFN2O2. The Bertz CT molecular complexity index is 647. The molecule has 0 saturated carbocycles. The third-order valence-corrected chi connectivity index (χ3v) is 3.17. The molecule has 0 amide bonds. The fourth-order valence-electron chi connectivity index (χ4n) is 1.69.